The molecule has 1 aliphatic heterocycles. The van der Waals surface area contributed by atoms with Gasteiger partial charge in [0.2, 0.25) is 0 Å². The number of carbonyl (C=O) groups is 1. The van der Waals surface area contributed by atoms with Crippen LogP contribution in [0.15, 0.2) is 53.9 Å². The van der Waals surface area contributed by atoms with E-state index in [-0.39, 0.29) is 11.2 Å². The highest BCUT2D eigenvalue weighted by Crippen LogP contribution is 2.26. The molecule has 0 unspecified atom stereocenters. The Kier molecular flexibility index (Phi) is 7.28. The molecule has 5 rings (SSSR count). The molecular formula is C28H30N4O3S2. The summed E-state index contributed by atoms with van der Waals surface area (Å²) in [5.74, 6) is -0.126. The van der Waals surface area contributed by atoms with Crippen LogP contribution in [0.1, 0.15) is 44.9 Å². The molecule has 1 fully saturated rings. The second-order valence-corrected chi connectivity index (χ2v) is 12.8. The summed E-state index contributed by atoms with van der Waals surface area (Å²) in [5.41, 5.74) is 5.44. The van der Waals surface area contributed by atoms with Crippen molar-refractivity contribution in [3.63, 3.8) is 0 Å². The average Bonchev–Trinajstić information content (AvgIpc) is 3.49. The Balaban J connectivity index is 1.39. The average molecular weight is 535 g/mol. The van der Waals surface area contributed by atoms with Gasteiger partial charge in [-0.2, -0.15) is 5.10 Å². The Morgan fingerprint density at radius 1 is 1.16 bits per heavy atom. The standard InChI is InChI=1S/C28H30N4O3S2/c1-19-13-16-36-27(19)28(33)29-26-17-20(18-32-14-11-22(12-15-32)37(2,34)35)7-8-21(26)9-10-25-23-5-3-4-6-24(23)30-31-25/h3-10,13,16-17,22H,11-12,14-15,18H2,1-2H3,(H,29,33)(H,30,31). The van der Waals surface area contributed by atoms with Gasteiger partial charge < -0.3 is 5.32 Å². The zero-order valence-electron chi connectivity index (χ0n) is 20.9. The SMILES string of the molecule is Cc1ccsc1C(=O)Nc1cc(CN2CCC(S(C)(=O)=O)CC2)ccc1C=Cc1n[nH]c2ccccc12. The summed E-state index contributed by atoms with van der Waals surface area (Å²) in [5, 5.41) is 13.3. The molecule has 37 heavy (non-hydrogen) atoms. The molecule has 3 heterocycles. The number of fused-ring (bicyclic) bond motifs is 1. The molecule has 2 N–H and O–H groups in total. The number of sulfone groups is 1. The first-order chi connectivity index (χ1) is 17.8. The molecule has 0 aliphatic carbocycles. The zero-order chi connectivity index (χ0) is 26.0. The van der Waals surface area contributed by atoms with Crippen LogP contribution < -0.4 is 5.32 Å². The molecule has 192 valence electrons. The van der Waals surface area contributed by atoms with E-state index in [1.807, 2.05) is 66.9 Å². The number of hydrogen-bond acceptors (Lipinski definition) is 6. The van der Waals surface area contributed by atoms with Gasteiger partial charge in [0.15, 0.2) is 0 Å². The molecule has 4 aromatic rings. The number of aromatic nitrogens is 2. The summed E-state index contributed by atoms with van der Waals surface area (Å²) in [6.07, 6.45) is 6.56. The van der Waals surface area contributed by atoms with Crippen LogP contribution in [0.25, 0.3) is 23.1 Å². The van der Waals surface area contributed by atoms with E-state index < -0.39 is 9.84 Å². The maximum Gasteiger partial charge on any atom is 0.266 e. The monoisotopic (exact) mass is 534 g/mol. The van der Waals surface area contributed by atoms with E-state index in [1.54, 1.807) is 0 Å². The summed E-state index contributed by atoms with van der Waals surface area (Å²) < 4.78 is 23.8. The van der Waals surface area contributed by atoms with Gasteiger partial charge in [0.1, 0.15) is 9.84 Å². The number of piperidine rings is 1. The van der Waals surface area contributed by atoms with E-state index >= 15 is 0 Å². The molecule has 0 saturated carbocycles. The van der Waals surface area contributed by atoms with Gasteiger partial charge in [-0.3, -0.25) is 14.8 Å². The maximum atomic E-state index is 13.1. The van der Waals surface area contributed by atoms with Crippen LogP contribution in [0, 0.1) is 6.92 Å². The number of H-pyrrole nitrogens is 1. The van der Waals surface area contributed by atoms with Crippen molar-refractivity contribution in [3.8, 4) is 0 Å². The lowest BCUT2D eigenvalue weighted by atomic mass is 10.0. The number of para-hydroxylation sites is 1. The molecule has 0 atom stereocenters. The third kappa shape index (κ3) is 5.84. The molecule has 0 bridgehead atoms. The van der Waals surface area contributed by atoms with E-state index in [4.69, 9.17) is 0 Å². The summed E-state index contributed by atoms with van der Waals surface area (Å²) in [6.45, 7) is 4.11. The molecule has 1 saturated heterocycles. The lowest BCUT2D eigenvalue weighted by Gasteiger charge is -2.31. The fourth-order valence-corrected chi connectivity index (χ4v) is 6.66. The minimum Gasteiger partial charge on any atom is -0.321 e. The number of nitrogens with zero attached hydrogens (tertiary/aromatic N) is 2. The number of nitrogens with one attached hydrogen (secondary N) is 2. The molecule has 2 aromatic heterocycles. The normalized spacial score (nSPS) is 15.5. The van der Waals surface area contributed by atoms with Crippen molar-refractivity contribution in [2.45, 2.75) is 31.6 Å². The van der Waals surface area contributed by atoms with Crippen molar-refractivity contribution >= 4 is 55.8 Å². The van der Waals surface area contributed by atoms with Crippen molar-refractivity contribution in [2.24, 2.45) is 0 Å². The van der Waals surface area contributed by atoms with Gasteiger partial charge in [0, 0.05) is 23.9 Å². The van der Waals surface area contributed by atoms with Gasteiger partial charge in [-0.05, 0) is 79.2 Å². The fourth-order valence-electron chi connectivity index (χ4n) is 4.77. The number of benzene rings is 2. The number of anilines is 1. The number of aromatic amines is 1. The van der Waals surface area contributed by atoms with Gasteiger partial charge in [-0.1, -0.05) is 36.4 Å². The molecule has 7 nitrogen and oxygen atoms in total. The Bertz CT molecular complexity index is 1560. The Labute approximate surface area is 221 Å². The predicted octanol–water partition coefficient (Wildman–Crippen LogP) is 5.36. The van der Waals surface area contributed by atoms with Crippen LogP contribution in [0.4, 0.5) is 5.69 Å². The lowest BCUT2D eigenvalue weighted by Crippen LogP contribution is -2.38. The van der Waals surface area contributed by atoms with Gasteiger partial charge in [-0.15, -0.1) is 11.3 Å². The van der Waals surface area contributed by atoms with Crippen molar-refractivity contribution < 1.29 is 13.2 Å². The van der Waals surface area contributed by atoms with Gasteiger partial charge in [-0.25, -0.2) is 8.42 Å². The Morgan fingerprint density at radius 2 is 1.95 bits per heavy atom. The highest BCUT2D eigenvalue weighted by Gasteiger charge is 2.26. The van der Waals surface area contributed by atoms with Gasteiger partial charge in [0.25, 0.3) is 5.91 Å². The molecular weight excluding hydrogens is 504 g/mol. The molecule has 9 heteroatoms. The zero-order valence-corrected chi connectivity index (χ0v) is 22.5. The van der Waals surface area contributed by atoms with Crippen molar-refractivity contribution in [3.05, 3.63) is 81.2 Å². The molecule has 1 aliphatic rings. The maximum absolute atomic E-state index is 13.1. The molecule has 1 amide bonds. The number of amides is 1. The minimum atomic E-state index is -3.00. The van der Waals surface area contributed by atoms with E-state index in [0.717, 1.165) is 52.1 Å². The summed E-state index contributed by atoms with van der Waals surface area (Å²) in [6, 6.07) is 16.0. The van der Waals surface area contributed by atoms with Crippen LogP contribution in [-0.2, 0) is 16.4 Å². The Morgan fingerprint density at radius 3 is 2.68 bits per heavy atom. The van der Waals surface area contributed by atoms with E-state index in [2.05, 4.69) is 26.5 Å². The quantitative estimate of drug-likeness (QED) is 0.333. The Hall–Kier alpha value is -3.27. The first-order valence-electron chi connectivity index (χ1n) is 12.3. The minimum absolute atomic E-state index is 0.126. The van der Waals surface area contributed by atoms with Gasteiger partial charge >= 0.3 is 0 Å². The highest BCUT2D eigenvalue weighted by atomic mass is 32.2. The number of carbonyl (C=O) groups excluding carboxylic acids is 1. The third-order valence-corrected chi connectivity index (χ3v) is 9.60. The molecule has 0 spiro atoms. The molecule has 2 aromatic carbocycles. The number of thiophene rings is 1. The van der Waals surface area contributed by atoms with Crippen LogP contribution in [0.3, 0.4) is 0 Å². The van der Waals surface area contributed by atoms with Crippen LogP contribution in [-0.4, -0.2) is 54.0 Å². The van der Waals surface area contributed by atoms with Gasteiger partial charge in [0.05, 0.1) is 21.3 Å². The van der Waals surface area contributed by atoms with E-state index in [0.29, 0.717) is 24.3 Å². The van der Waals surface area contributed by atoms with Crippen LogP contribution in [0.2, 0.25) is 0 Å². The largest absolute Gasteiger partial charge is 0.321 e. The number of rotatable bonds is 7. The number of likely N-dealkylation sites (tertiary alicyclic amines) is 1. The van der Waals surface area contributed by atoms with Crippen molar-refractivity contribution in [1.82, 2.24) is 15.1 Å². The van der Waals surface area contributed by atoms with E-state index in [9.17, 15) is 13.2 Å². The van der Waals surface area contributed by atoms with Crippen LogP contribution in [0.5, 0.6) is 0 Å². The van der Waals surface area contributed by atoms with Crippen molar-refractivity contribution in [1.29, 1.82) is 0 Å². The molecule has 0 radical (unpaired) electrons. The second kappa shape index (κ2) is 10.6. The first kappa shape index (κ1) is 25.4. The summed E-state index contributed by atoms with van der Waals surface area (Å²) >= 11 is 1.43. The topological polar surface area (TPSA) is 95.2 Å². The summed E-state index contributed by atoms with van der Waals surface area (Å²) in [7, 11) is -3.00. The van der Waals surface area contributed by atoms with Crippen molar-refractivity contribution in [2.75, 3.05) is 24.7 Å². The predicted molar refractivity (Wildman–Crippen MR) is 152 cm³/mol. The second-order valence-electron chi connectivity index (χ2n) is 9.60. The summed E-state index contributed by atoms with van der Waals surface area (Å²) in [4.78, 5) is 16.0. The fraction of sp³-hybridized carbons (Fsp3) is 0.286. The van der Waals surface area contributed by atoms with Crippen LogP contribution >= 0.6 is 11.3 Å². The third-order valence-electron chi connectivity index (χ3n) is 6.90. The lowest BCUT2D eigenvalue weighted by molar-refractivity contribution is 0.103. The first-order valence-corrected chi connectivity index (χ1v) is 15.1. The number of hydrogen-bond donors (Lipinski definition) is 2. The smallest absolute Gasteiger partial charge is 0.266 e. The number of aryl methyl sites for hydroxylation is 1. The highest BCUT2D eigenvalue weighted by molar-refractivity contribution is 7.91. The van der Waals surface area contributed by atoms with E-state index in [1.165, 1.54) is 17.6 Å².